The number of phenols is 1. The molecule has 0 saturated heterocycles. The molecule has 0 fully saturated rings. The number of aromatic carboxylic acids is 1. The van der Waals surface area contributed by atoms with E-state index in [2.05, 4.69) is 10.3 Å². The van der Waals surface area contributed by atoms with E-state index in [9.17, 15) is 15.0 Å². The average Bonchev–Trinajstić information content (AvgIpc) is 2.45. The number of carboxylic acids is 1. The van der Waals surface area contributed by atoms with Crippen LogP contribution in [0.5, 0.6) is 5.75 Å². The summed E-state index contributed by atoms with van der Waals surface area (Å²) in [5.41, 5.74) is 1.37. The van der Waals surface area contributed by atoms with Crippen molar-refractivity contribution >= 4 is 28.7 Å². The van der Waals surface area contributed by atoms with Gasteiger partial charge in [-0.1, -0.05) is 35.6 Å². The third kappa shape index (κ3) is 4.07. The van der Waals surface area contributed by atoms with Gasteiger partial charge in [-0.05, 0) is 23.3 Å². The summed E-state index contributed by atoms with van der Waals surface area (Å²) in [5, 5.41) is 28.3. The molecule has 22 heavy (non-hydrogen) atoms. The maximum Gasteiger partial charge on any atom is 0.341 e. The van der Waals surface area contributed by atoms with Gasteiger partial charge < -0.3 is 10.2 Å². The molecule has 7 heteroatoms. The van der Waals surface area contributed by atoms with E-state index in [1.165, 1.54) is 11.1 Å². The van der Waals surface area contributed by atoms with E-state index in [0.717, 1.165) is 5.56 Å². The van der Waals surface area contributed by atoms with Crippen molar-refractivity contribution in [2.45, 2.75) is 0 Å². The van der Waals surface area contributed by atoms with Crippen molar-refractivity contribution in [3.05, 3.63) is 48.0 Å². The molecule has 0 amide bonds. The summed E-state index contributed by atoms with van der Waals surface area (Å²) in [6, 6.07) is 12.3. The molecular weight excluding hydrogens is 349 g/mol. The van der Waals surface area contributed by atoms with Gasteiger partial charge in [0.15, 0.2) is 0 Å². The van der Waals surface area contributed by atoms with E-state index < -0.39 is 5.97 Å². The number of aromatic hydroxyl groups is 1. The second kappa shape index (κ2) is 7.58. The van der Waals surface area contributed by atoms with Crippen LogP contribution in [0.4, 0.5) is 5.69 Å². The number of benzene rings is 2. The minimum Gasteiger partial charge on any atom is -0.507 e. The van der Waals surface area contributed by atoms with Gasteiger partial charge in [0.25, 0.3) is 0 Å². The third-order valence-electron chi connectivity index (χ3n) is 2.75. The second-order valence-corrected chi connectivity index (χ2v) is 4.60. The molecule has 2 N–H and O–H groups in total. The topological polar surface area (TPSA) is 85.5 Å². The van der Waals surface area contributed by atoms with E-state index in [1.807, 2.05) is 30.3 Å². The average molecular weight is 364 g/mol. The Morgan fingerprint density at radius 3 is 2.27 bits per heavy atom. The standard InChI is InChI=1S/C15H15N3O3.Se/c1-18(2)17-16-12-8-11(10-6-4-3-5-7-10)9-13(19)14(12)15(20)21;/h3-9,19H,1-2H3,(H,20,21);. The quantitative estimate of drug-likeness (QED) is 0.496. The first-order chi connectivity index (χ1) is 9.99. The number of hydrogen-bond donors (Lipinski definition) is 2. The molecular formula is C15H15N3O3Se. The van der Waals surface area contributed by atoms with Gasteiger partial charge in [0, 0.05) is 31.2 Å². The molecule has 0 saturated carbocycles. The van der Waals surface area contributed by atoms with Crippen molar-refractivity contribution in [2.75, 3.05) is 14.1 Å². The zero-order valence-corrected chi connectivity index (χ0v) is 13.8. The number of hydrogen-bond acceptors (Lipinski definition) is 4. The molecule has 0 unspecified atom stereocenters. The smallest absolute Gasteiger partial charge is 0.341 e. The molecule has 0 atom stereocenters. The van der Waals surface area contributed by atoms with Crippen molar-refractivity contribution in [2.24, 2.45) is 10.3 Å². The second-order valence-electron chi connectivity index (χ2n) is 4.60. The summed E-state index contributed by atoms with van der Waals surface area (Å²) in [4.78, 5) is 11.3. The molecule has 6 nitrogen and oxygen atoms in total. The molecule has 0 aliphatic rings. The molecule has 0 aliphatic carbocycles. The Balaban J connectivity index is 0.00000242. The van der Waals surface area contributed by atoms with Crippen LogP contribution in [0, 0.1) is 0 Å². The van der Waals surface area contributed by atoms with Crippen LogP contribution < -0.4 is 0 Å². The Morgan fingerprint density at radius 2 is 1.73 bits per heavy atom. The largest absolute Gasteiger partial charge is 0.507 e. The van der Waals surface area contributed by atoms with Crippen LogP contribution in [0.1, 0.15) is 10.4 Å². The first kappa shape index (κ1) is 17.7. The Hall–Kier alpha value is -2.37. The van der Waals surface area contributed by atoms with Crippen LogP contribution >= 0.6 is 0 Å². The molecule has 0 aromatic heterocycles. The molecule has 114 valence electrons. The fraction of sp³-hybridized carbons (Fsp3) is 0.133. The van der Waals surface area contributed by atoms with E-state index >= 15 is 0 Å². The van der Waals surface area contributed by atoms with E-state index in [1.54, 1.807) is 20.2 Å². The van der Waals surface area contributed by atoms with Crippen molar-refractivity contribution < 1.29 is 15.0 Å². The molecule has 0 bridgehead atoms. The van der Waals surface area contributed by atoms with E-state index in [0.29, 0.717) is 5.56 Å². The normalized spacial score (nSPS) is 10.3. The maximum atomic E-state index is 11.3. The Labute approximate surface area is 138 Å². The zero-order valence-electron chi connectivity index (χ0n) is 12.1. The van der Waals surface area contributed by atoms with Gasteiger partial charge in [-0.3, -0.25) is 5.01 Å². The summed E-state index contributed by atoms with van der Waals surface area (Å²) >= 11 is 0. The van der Waals surface area contributed by atoms with Gasteiger partial charge in [0.2, 0.25) is 0 Å². The van der Waals surface area contributed by atoms with Crippen molar-refractivity contribution in [3.8, 4) is 16.9 Å². The van der Waals surface area contributed by atoms with Crippen molar-refractivity contribution in [1.82, 2.24) is 5.01 Å². The summed E-state index contributed by atoms with van der Waals surface area (Å²) in [7, 11) is 3.34. The fourth-order valence-electron chi connectivity index (χ4n) is 1.84. The number of rotatable bonds is 4. The van der Waals surface area contributed by atoms with Gasteiger partial charge in [0.1, 0.15) is 17.0 Å². The SMILES string of the molecule is CN(C)N=Nc1cc(-c2ccccc2)cc(O)c1C(=O)O.[Se]. The Kier molecular flexibility index (Phi) is 6.10. The van der Waals surface area contributed by atoms with Crippen LogP contribution in [0.2, 0.25) is 0 Å². The summed E-state index contributed by atoms with van der Waals surface area (Å²) in [6.45, 7) is 0. The molecule has 2 aromatic rings. The molecule has 2 aromatic carbocycles. The van der Waals surface area contributed by atoms with Crippen LogP contribution in [0.15, 0.2) is 52.8 Å². The number of nitrogens with zero attached hydrogens (tertiary/aromatic N) is 3. The first-order valence-electron chi connectivity index (χ1n) is 6.23. The Morgan fingerprint density at radius 1 is 1.09 bits per heavy atom. The summed E-state index contributed by atoms with van der Waals surface area (Å²) in [6.07, 6.45) is 0. The molecule has 2 rings (SSSR count). The molecule has 0 aliphatic heterocycles. The summed E-state index contributed by atoms with van der Waals surface area (Å²) < 4.78 is 0. The third-order valence-corrected chi connectivity index (χ3v) is 2.75. The van der Waals surface area contributed by atoms with E-state index in [-0.39, 0.29) is 34.1 Å². The predicted molar refractivity (Wildman–Crippen MR) is 84.5 cm³/mol. The number of carbonyl (C=O) groups is 1. The fourth-order valence-corrected chi connectivity index (χ4v) is 1.84. The summed E-state index contributed by atoms with van der Waals surface area (Å²) in [5.74, 6) is -1.59. The first-order valence-corrected chi connectivity index (χ1v) is 6.23. The van der Waals surface area contributed by atoms with Gasteiger partial charge in [0.05, 0.1) is 0 Å². The Bertz CT molecular complexity index is 688. The van der Waals surface area contributed by atoms with Gasteiger partial charge in [-0.25, -0.2) is 4.79 Å². The van der Waals surface area contributed by atoms with Crippen molar-refractivity contribution in [3.63, 3.8) is 0 Å². The van der Waals surface area contributed by atoms with Crippen LogP contribution in [-0.2, 0) is 0 Å². The van der Waals surface area contributed by atoms with Crippen LogP contribution in [0.3, 0.4) is 0 Å². The predicted octanol–water partition coefficient (Wildman–Crippen LogP) is 2.94. The van der Waals surface area contributed by atoms with Crippen molar-refractivity contribution in [1.29, 1.82) is 0 Å². The number of carboxylic acid groups (broad SMARTS) is 1. The molecule has 0 heterocycles. The maximum absolute atomic E-state index is 11.3. The van der Waals surface area contributed by atoms with Crippen LogP contribution in [-0.4, -0.2) is 52.4 Å². The zero-order chi connectivity index (χ0) is 15.4. The minimum absolute atomic E-state index is 0. The molecule has 2 radical (unpaired) electrons. The minimum atomic E-state index is -1.25. The van der Waals surface area contributed by atoms with Crippen LogP contribution in [0.25, 0.3) is 11.1 Å². The van der Waals surface area contributed by atoms with Gasteiger partial charge in [-0.15, -0.1) is 5.11 Å². The monoisotopic (exact) mass is 365 g/mol. The van der Waals surface area contributed by atoms with Gasteiger partial charge in [-0.2, -0.15) is 0 Å². The van der Waals surface area contributed by atoms with Gasteiger partial charge >= 0.3 is 5.97 Å². The molecule has 0 spiro atoms. The van der Waals surface area contributed by atoms with E-state index in [4.69, 9.17) is 0 Å².